The van der Waals surface area contributed by atoms with E-state index < -0.39 is 5.82 Å². The van der Waals surface area contributed by atoms with Gasteiger partial charge in [-0.3, -0.25) is 4.79 Å². The summed E-state index contributed by atoms with van der Waals surface area (Å²) in [4.78, 5) is 11.6. The molecule has 0 radical (unpaired) electrons. The molecule has 96 valence electrons. The van der Waals surface area contributed by atoms with Gasteiger partial charge < -0.3 is 10.6 Å². The van der Waals surface area contributed by atoms with E-state index in [0.29, 0.717) is 0 Å². The number of hydrogen-bond acceptors (Lipinski definition) is 3. The molecule has 0 atom stereocenters. The van der Waals surface area contributed by atoms with Gasteiger partial charge in [0.05, 0.1) is 12.2 Å². The molecule has 1 aromatic carbocycles. The molecule has 2 N–H and O–H groups in total. The Labute approximate surface area is 106 Å². The number of anilines is 1. The first-order chi connectivity index (χ1) is 8.33. The molecule has 0 saturated carbocycles. The van der Waals surface area contributed by atoms with Gasteiger partial charge in [0.15, 0.2) is 0 Å². The minimum absolute atomic E-state index is 0.102. The third-order valence-electron chi connectivity index (χ3n) is 2.18. The van der Waals surface area contributed by atoms with Crippen LogP contribution in [-0.2, 0) is 4.79 Å². The van der Waals surface area contributed by atoms with Crippen molar-refractivity contribution in [3.8, 4) is 6.07 Å². The third-order valence-corrected chi connectivity index (χ3v) is 2.18. The molecule has 1 aromatic rings. The average molecular weight is 249 g/mol. The van der Waals surface area contributed by atoms with E-state index in [4.69, 9.17) is 5.26 Å². The highest BCUT2D eigenvalue weighted by Gasteiger charge is 2.13. The van der Waals surface area contributed by atoms with Crippen LogP contribution in [0, 0.1) is 17.1 Å². The van der Waals surface area contributed by atoms with E-state index in [1.54, 1.807) is 6.07 Å². The first-order valence-electron chi connectivity index (χ1n) is 5.57. The second kappa shape index (κ2) is 5.61. The number of carbonyl (C=O) groups excluding carboxylic acids is 1. The number of nitrogens with one attached hydrogen (secondary N) is 2. The highest BCUT2D eigenvalue weighted by Crippen LogP contribution is 2.17. The lowest BCUT2D eigenvalue weighted by atomic mass is 10.1. The molecule has 4 nitrogen and oxygen atoms in total. The number of amides is 1. The molecule has 0 saturated heterocycles. The van der Waals surface area contributed by atoms with E-state index in [2.05, 4.69) is 10.6 Å². The standard InChI is InChI=1S/C13H16FN3O/c1-13(2,3)16-8-12(18)17-11-6-4-5-10(14)9(11)7-15/h4-6,16H,8H2,1-3H3,(H,17,18). The highest BCUT2D eigenvalue weighted by atomic mass is 19.1. The first-order valence-corrected chi connectivity index (χ1v) is 5.57. The fourth-order valence-corrected chi connectivity index (χ4v) is 1.28. The number of halogens is 1. The number of benzene rings is 1. The SMILES string of the molecule is CC(C)(C)NCC(=O)Nc1cccc(F)c1C#N. The van der Waals surface area contributed by atoms with Crippen LogP contribution < -0.4 is 10.6 Å². The van der Waals surface area contributed by atoms with Gasteiger partial charge in [-0.15, -0.1) is 0 Å². The summed E-state index contributed by atoms with van der Waals surface area (Å²) in [6, 6.07) is 5.86. The molecule has 0 spiro atoms. The summed E-state index contributed by atoms with van der Waals surface area (Å²) in [6.45, 7) is 5.90. The van der Waals surface area contributed by atoms with E-state index >= 15 is 0 Å². The molecular weight excluding hydrogens is 233 g/mol. The first kappa shape index (κ1) is 14.1. The van der Waals surface area contributed by atoms with Crippen molar-refractivity contribution < 1.29 is 9.18 Å². The second-order valence-corrected chi connectivity index (χ2v) is 4.93. The molecule has 0 heterocycles. The molecule has 5 heteroatoms. The lowest BCUT2D eigenvalue weighted by molar-refractivity contribution is -0.115. The van der Waals surface area contributed by atoms with Gasteiger partial charge >= 0.3 is 0 Å². The zero-order valence-corrected chi connectivity index (χ0v) is 10.7. The minimum Gasteiger partial charge on any atom is -0.324 e. The smallest absolute Gasteiger partial charge is 0.238 e. The van der Waals surface area contributed by atoms with Crippen LogP contribution in [0.15, 0.2) is 18.2 Å². The van der Waals surface area contributed by atoms with Crippen LogP contribution in [0.4, 0.5) is 10.1 Å². The van der Waals surface area contributed by atoms with Crippen LogP contribution in [0.25, 0.3) is 0 Å². The van der Waals surface area contributed by atoms with Crippen molar-refractivity contribution in [1.29, 1.82) is 5.26 Å². The summed E-state index contributed by atoms with van der Waals surface area (Å²) in [7, 11) is 0. The predicted octanol–water partition coefficient (Wildman–Crippen LogP) is 2.02. The Balaban J connectivity index is 2.72. The van der Waals surface area contributed by atoms with Crippen LogP contribution >= 0.6 is 0 Å². The van der Waals surface area contributed by atoms with Crippen LogP contribution in [0.2, 0.25) is 0 Å². The Bertz CT molecular complexity index is 486. The summed E-state index contributed by atoms with van der Waals surface area (Å²) in [5.41, 5.74) is -0.142. The molecule has 0 aromatic heterocycles. The number of hydrogen-bond donors (Lipinski definition) is 2. The number of rotatable bonds is 3. The maximum Gasteiger partial charge on any atom is 0.238 e. The van der Waals surface area contributed by atoms with Gasteiger partial charge in [-0.2, -0.15) is 5.26 Å². The zero-order valence-electron chi connectivity index (χ0n) is 10.7. The van der Waals surface area contributed by atoms with Crippen LogP contribution in [0.1, 0.15) is 26.3 Å². The van der Waals surface area contributed by atoms with Crippen LogP contribution in [0.5, 0.6) is 0 Å². The number of carbonyl (C=O) groups is 1. The molecule has 0 bridgehead atoms. The van der Waals surface area contributed by atoms with Crippen molar-refractivity contribution in [3.05, 3.63) is 29.6 Å². The monoisotopic (exact) mass is 249 g/mol. The number of nitriles is 1. The fraction of sp³-hybridized carbons (Fsp3) is 0.385. The topological polar surface area (TPSA) is 64.9 Å². The summed E-state index contributed by atoms with van der Waals surface area (Å²) in [5, 5.41) is 14.3. The van der Waals surface area contributed by atoms with E-state index in [1.807, 2.05) is 20.8 Å². The van der Waals surface area contributed by atoms with Crippen molar-refractivity contribution in [2.45, 2.75) is 26.3 Å². The Hall–Kier alpha value is -1.93. The molecule has 0 aliphatic heterocycles. The average Bonchev–Trinajstić information content (AvgIpc) is 2.26. The maximum absolute atomic E-state index is 13.3. The van der Waals surface area contributed by atoms with Gasteiger partial charge in [0.1, 0.15) is 17.4 Å². The Morgan fingerprint density at radius 3 is 2.67 bits per heavy atom. The normalized spacial score (nSPS) is 10.8. The molecule has 1 amide bonds. The number of nitrogens with zero attached hydrogens (tertiary/aromatic N) is 1. The summed E-state index contributed by atoms with van der Waals surface area (Å²) >= 11 is 0. The zero-order chi connectivity index (χ0) is 13.8. The lowest BCUT2D eigenvalue weighted by Gasteiger charge is -2.20. The highest BCUT2D eigenvalue weighted by molar-refractivity contribution is 5.93. The van der Waals surface area contributed by atoms with Crippen LogP contribution in [-0.4, -0.2) is 18.0 Å². The summed E-state index contributed by atoms with van der Waals surface area (Å²) in [5.74, 6) is -0.953. The van der Waals surface area contributed by atoms with Gasteiger partial charge in [-0.25, -0.2) is 4.39 Å². The Morgan fingerprint density at radius 2 is 2.11 bits per heavy atom. The maximum atomic E-state index is 13.3. The van der Waals surface area contributed by atoms with Crippen molar-refractivity contribution in [2.75, 3.05) is 11.9 Å². The van der Waals surface area contributed by atoms with Crippen molar-refractivity contribution in [2.24, 2.45) is 0 Å². The molecule has 0 unspecified atom stereocenters. The molecule has 0 aliphatic carbocycles. The lowest BCUT2D eigenvalue weighted by Crippen LogP contribution is -2.41. The van der Waals surface area contributed by atoms with Gasteiger partial charge in [-0.05, 0) is 32.9 Å². The van der Waals surface area contributed by atoms with Gasteiger partial charge in [0.2, 0.25) is 5.91 Å². The molecule has 1 rings (SSSR count). The Kier molecular flexibility index (Phi) is 4.40. The summed E-state index contributed by atoms with van der Waals surface area (Å²) < 4.78 is 13.3. The van der Waals surface area contributed by atoms with Gasteiger partial charge in [-0.1, -0.05) is 6.07 Å². The van der Waals surface area contributed by atoms with Gasteiger partial charge in [0.25, 0.3) is 0 Å². The molecular formula is C13H16FN3O. The largest absolute Gasteiger partial charge is 0.324 e. The Morgan fingerprint density at radius 1 is 1.44 bits per heavy atom. The molecule has 18 heavy (non-hydrogen) atoms. The predicted molar refractivity (Wildman–Crippen MR) is 67.5 cm³/mol. The van der Waals surface area contributed by atoms with E-state index in [1.165, 1.54) is 18.2 Å². The summed E-state index contributed by atoms with van der Waals surface area (Å²) in [6.07, 6.45) is 0. The third kappa shape index (κ3) is 4.15. The quantitative estimate of drug-likeness (QED) is 0.861. The van der Waals surface area contributed by atoms with Crippen molar-refractivity contribution in [1.82, 2.24) is 5.32 Å². The van der Waals surface area contributed by atoms with E-state index in [0.717, 1.165) is 0 Å². The molecule has 0 fully saturated rings. The van der Waals surface area contributed by atoms with Gasteiger partial charge in [0, 0.05) is 5.54 Å². The van der Waals surface area contributed by atoms with Crippen molar-refractivity contribution in [3.63, 3.8) is 0 Å². The van der Waals surface area contributed by atoms with E-state index in [9.17, 15) is 9.18 Å². The second-order valence-electron chi connectivity index (χ2n) is 4.93. The van der Waals surface area contributed by atoms with Crippen LogP contribution in [0.3, 0.4) is 0 Å². The fourth-order valence-electron chi connectivity index (χ4n) is 1.28. The molecule has 0 aliphatic rings. The minimum atomic E-state index is -0.640. The van der Waals surface area contributed by atoms with Crippen molar-refractivity contribution >= 4 is 11.6 Å². The van der Waals surface area contributed by atoms with E-state index in [-0.39, 0.29) is 29.2 Å².